The van der Waals surface area contributed by atoms with Gasteiger partial charge in [0.1, 0.15) is 5.84 Å². The maximum Gasteiger partial charge on any atom is 0.144 e. The van der Waals surface area contributed by atoms with Gasteiger partial charge in [0.15, 0.2) is 0 Å². The fourth-order valence-corrected chi connectivity index (χ4v) is 0.405. The van der Waals surface area contributed by atoms with E-state index in [0.29, 0.717) is 5.84 Å². The highest BCUT2D eigenvalue weighted by atomic mass is 16.5. The molecular formula is C6H12N2O. The Kier molecular flexibility index (Phi) is 3.71. The first-order chi connectivity index (χ1) is 4.20. The minimum absolute atomic E-state index is 0.178. The van der Waals surface area contributed by atoms with E-state index in [0.717, 1.165) is 0 Å². The molecule has 0 radical (unpaired) electrons. The van der Waals surface area contributed by atoms with Gasteiger partial charge in [-0.3, -0.25) is 15.7 Å². The van der Waals surface area contributed by atoms with E-state index in [9.17, 15) is 0 Å². The van der Waals surface area contributed by atoms with Gasteiger partial charge in [-0.15, -0.1) is 0 Å². The molecule has 0 heterocycles. The first-order valence-corrected chi connectivity index (χ1v) is 2.81. The summed E-state index contributed by atoms with van der Waals surface area (Å²) in [4.78, 5) is 3.95. The fourth-order valence-electron chi connectivity index (χ4n) is 0.405. The van der Waals surface area contributed by atoms with E-state index in [1.165, 1.54) is 6.08 Å². The predicted molar refractivity (Wildman–Crippen MR) is 37.7 cm³/mol. The van der Waals surface area contributed by atoms with Crippen molar-refractivity contribution in [3.63, 3.8) is 0 Å². The summed E-state index contributed by atoms with van der Waals surface area (Å²) in [5.74, 6) is 0.407. The maximum absolute atomic E-state index is 8.32. The molecule has 3 heteroatoms. The van der Waals surface area contributed by atoms with E-state index in [2.05, 4.69) is 11.6 Å². The summed E-state index contributed by atoms with van der Waals surface area (Å²) in [7, 11) is 0. The molecule has 0 saturated carbocycles. The summed E-state index contributed by atoms with van der Waals surface area (Å²) in [6.07, 6.45) is 1.46. The molecule has 0 aliphatic rings. The molecular weight excluding hydrogens is 116 g/mol. The number of nitrogens with one attached hydrogen (secondary N) is 1. The van der Waals surface area contributed by atoms with Gasteiger partial charge in [0.05, 0.1) is 0 Å². The monoisotopic (exact) mass is 128 g/mol. The Hall–Kier alpha value is -0.830. The molecule has 52 valence electrons. The topological polar surface area (TPSA) is 44.6 Å². The second-order valence-electron chi connectivity index (χ2n) is 1.92. The first kappa shape index (κ1) is 8.17. The molecule has 9 heavy (non-hydrogen) atoms. The number of hydrogen-bond acceptors (Lipinski definition) is 2. The Morgan fingerprint density at radius 3 is 2.44 bits per heavy atom. The number of nitrogens with zero attached hydrogens (tertiary/aromatic N) is 1. The van der Waals surface area contributed by atoms with E-state index in [-0.39, 0.29) is 6.04 Å². The van der Waals surface area contributed by atoms with Crippen LogP contribution >= 0.6 is 0 Å². The Bertz CT molecular complexity index is 118. The molecule has 0 bridgehead atoms. The standard InChI is InChI=1S/C6H12N2O/c1-4-6(8-9)7-5(2)3/h4-5,9H,1H2,2-3H3,(H,7,8). The molecule has 0 aromatic carbocycles. The van der Waals surface area contributed by atoms with Crippen LogP contribution in [0.2, 0.25) is 0 Å². The molecule has 0 unspecified atom stereocenters. The summed E-state index contributed by atoms with van der Waals surface area (Å²) in [5, 5.41) is 8.32. The number of hydrogen-bond donors (Lipinski definition) is 2. The zero-order valence-corrected chi connectivity index (χ0v) is 5.76. The third-order valence-corrected chi connectivity index (χ3v) is 0.705. The maximum atomic E-state index is 8.32. The van der Waals surface area contributed by atoms with Crippen LogP contribution in [0.5, 0.6) is 0 Å². The molecule has 0 rings (SSSR count). The zero-order chi connectivity index (χ0) is 7.28. The van der Waals surface area contributed by atoms with Gasteiger partial charge in [-0.2, -0.15) is 0 Å². The van der Waals surface area contributed by atoms with Crippen molar-refractivity contribution < 1.29 is 5.21 Å². The molecule has 3 nitrogen and oxygen atoms in total. The van der Waals surface area contributed by atoms with Gasteiger partial charge >= 0.3 is 0 Å². The van der Waals surface area contributed by atoms with Crippen molar-refractivity contribution in [1.29, 1.82) is 0 Å². The predicted octanol–water partition coefficient (Wildman–Crippen LogP) is 0.958. The molecule has 0 aliphatic carbocycles. The number of amidine groups is 1. The lowest BCUT2D eigenvalue weighted by Crippen LogP contribution is -2.17. The SMILES string of the molecule is C=CC(=NC(C)C)NO. The normalized spacial score (nSPS) is 11.8. The summed E-state index contributed by atoms with van der Waals surface area (Å²) < 4.78 is 0. The highest BCUT2D eigenvalue weighted by Gasteiger charge is 1.89. The molecule has 0 aromatic heterocycles. The lowest BCUT2D eigenvalue weighted by molar-refractivity contribution is 0.235. The third kappa shape index (κ3) is 3.73. The lowest BCUT2D eigenvalue weighted by atomic mass is 10.4. The minimum atomic E-state index is 0.178. The van der Waals surface area contributed by atoms with Crippen molar-refractivity contribution in [2.75, 3.05) is 0 Å². The average molecular weight is 128 g/mol. The molecule has 0 spiro atoms. The van der Waals surface area contributed by atoms with Crippen molar-refractivity contribution in [3.8, 4) is 0 Å². The van der Waals surface area contributed by atoms with Gasteiger partial charge in [-0.05, 0) is 19.9 Å². The second-order valence-corrected chi connectivity index (χ2v) is 1.92. The quantitative estimate of drug-likeness (QED) is 0.330. The molecule has 0 aromatic rings. The van der Waals surface area contributed by atoms with E-state index >= 15 is 0 Å². The van der Waals surface area contributed by atoms with Gasteiger partial charge < -0.3 is 0 Å². The molecule has 0 atom stereocenters. The van der Waals surface area contributed by atoms with E-state index < -0.39 is 0 Å². The summed E-state index contributed by atoms with van der Waals surface area (Å²) >= 11 is 0. The third-order valence-electron chi connectivity index (χ3n) is 0.705. The van der Waals surface area contributed by atoms with Crippen LogP contribution in [0, 0.1) is 0 Å². The molecule has 0 fully saturated rings. The van der Waals surface area contributed by atoms with Crippen molar-refractivity contribution in [2.24, 2.45) is 4.99 Å². The Morgan fingerprint density at radius 2 is 2.33 bits per heavy atom. The Balaban J connectivity index is 3.90. The molecule has 0 saturated heterocycles. The van der Waals surface area contributed by atoms with Gasteiger partial charge in [-0.1, -0.05) is 6.58 Å². The second kappa shape index (κ2) is 4.09. The minimum Gasteiger partial charge on any atom is -0.290 e. The van der Waals surface area contributed by atoms with Crippen LogP contribution in [0.25, 0.3) is 0 Å². The van der Waals surface area contributed by atoms with Crippen LogP contribution in [-0.2, 0) is 0 Å². The van der Waals surface area contributed by atoms with E-state index in [1.54, 1.807) is 0 Å². The smallest absolute Gasteiger partial charge is 0.144 e. The highest BCUT2D eigenvalue weighted by Crippen LogP contribution is 1.85. The number of hydroxylamine groups is 1. The van der Waals surface area contributed by atoms with Crippen LogP contribution in [-0.4, -0.2) is 17.1 Å². The first-order valence-electron chi connectivity index (χ1n) is 2.81. The van der Waals surface area contributed by atoms with Crippen LogP contribution < -0.4 is 5.48 Å². The van der Waals surface area contributed by atoms with E-state index in [1.807, 2.05) is 19.3 Å². The summed E-state index contributed by atoms with van der Waals surface area (Å²) in [5.41, 5.74) is 1.92. The summed E-state index contributed by atoms with van der Waals surface area (Å²) in [6, 6.07) is 0.178. The molecule has 2 N–H and O–H groups in total. The van der Waals surface area contributed by atoms with Crippen molar-refractivity contribution in [1.82, 2.24) is 5.48 Å². The lowest BCUT2D eigenvalue weighted by Gasteiger charge is -1.99. The molecule has 0 amide bonds. The van der Waals surface area contributed by atoms with Crippen LogP contribution in [0.1, 0.15) is 13.8 Å². The van der Waals surface area contributed by atoms with Gasteiger partial charge in [0, 0.05) is 6.04 Å². The van der Waals surface area contributed by atoms with Crippen LogP contribution in [0.4, 0.5) is 0 Å². The van der Waals surface area contributed by atoms with Crippen molar-refractivity contribution in [3.05, 3.63) is 12.7 Å². The van der Waals surface area contributed by atoms with E-state index in [4.69, 9.17) is 5.21 Å². The van der Waals surface area contributed by atoms with Crippen LogP contribution in [0.3, 0.4) is 0 Å². The number of aliphatic imine (C=N–C) groups is 1. The number of rotatable bonds is 2. The van der Waals surface area contributed by atoms with Crippen LogP contribution in [0.15, 0.2) is 17.6 Å². The largest absolute Gasteiger partial charge is 0.290 e. The van der Waals surface area contributed by atoms with Gasteiger partial charge in [0.25, 0.3) is 0 Å². The molecule has 0 aliphatic heterocycles. The Labute approximate surface area is 55.1 Å². The Morgan fingerprint density at radius 1 is 1.78 bits per heavy atom. The highest BCUT2D eigenvalue weighted by molar-refractivity contribution is 5.91. The average Bonchev–Trinajstić information content (AvgIpc) is 1.82. The fraction of sp³-hybridized carbons (Fsp3) is 0.500. The summed E-state index contributed by atoms with van der Waals surface area (Å²) in [6.45, 7) is 7.27. The van der Waals surface area contributed by atoms with Gasteiger partial charge in [0.2, 0.25) is 0 Å². The van der Waals surface area contributed by atoms with Crippen molar-refractivity contribution in [2.45, 2.75) is 19.9 Å². The van der Waals surface area contributed by atoms with Gasteiger partial charge in [-0.25, -0.2) is 0 Å². The zero-order valence-electron chi connectivity index (χ0n) is 5.76. The van der Waals surface area contributed by atoms with Crippen molar-refractivity contribution >= 4 is 5.84 Å².